The highest BCUT2D eigenvalue weighted by Gasteiger charge is 2.29. The Morgan fingerprint density at radius 3 is 2.40 bits per heavy atom. The molecule has 1 atom stereocenters. The molecule has 0 aromatic rings. The molecule has 1 rings (SSSR count). The van der Waals surface area contributed by atoms with Gasteiger partial charge in [-0.2, -0.15) is 0 Å². The van der Waals surface area contributed by atoms with Crippen molar-refractivity contribution in [3.63, 3.8) is 0 Å². The normalized spacial score (nSPS) is 21.4. The number of rotatable bonds is 4. The van der Waals surface area contributed by atoms with Crippen LogP contribution in [0.5, 0.6) is 0 Å². The van der Waals surface area contributed by atoms with E-state index in [4.69, 9.17) is 5.73 Å². The van der Waals surface area contributed by atoms with Crippen molar-refractivity contribution in [3.05, 3.63) is 11.1 Å². The minimum Gasteiger partial charge on any atom is -0.327 e. The zero-order valence-electron chi connectivity index (χ0n) is 10.6. The predicted molar refractivity (Wildman–Crippen MR) is 70.5 cm³/mol. The summed E-state index contributed by atoms with van der Waals surface area (Å²) in [5.41, 5.74) is 9.75. The average Bonchev–Trinajstić information content (AvgIpc) is 2.33. The minimum atomic E-state index is 0. The van der Waals surface area contributed by atoms with E-state index >= 15 is 0 Å². The summed E-state index contributed by atoms with van der Waals surface area (Å²) in [5.74, 6) is 0. The van der Waals surface area contributed by atoms with E-state index in [0.717, 1.165) is 12.8 Å². The molecule has 0 saturated heterocycles. The van der Waals surface area contributed by atoms with Crippen molar-refractivity contribution >= 4 is 12.4 Å². The van der Waals surface area contributed by atoms with E-state index in [2.05, 4.69) is 27.7 Å². The van der Waals surface area contributed by atoms with Crippen molar-refractivity contribution in [1.82, 2.24) is 0 Å². The second-order valence-corrected chi connectivity index (χ2v) is 5.37. The molecule has 0 aromatic carbocycles. The van der Waals surface area contributed by atoms with Gasteiger partial charge in [-0.15, -0.1) is 12.4 Å². The molecule has 0 spiro atoms. The Bertz CT molecular complexity index is 231. The van der Waals surface area contributed by atoms with E-state index in [-0.39, 0.29) is 12.4 Å². The summed E-state index contributed by atoms with van der Waals surface area (Å²) in [7, 11) is 0. The number of hydrogen-bond donors (Lipinski definition) is 1. The van der Waals surface area contributed by atoms with E-state index in [1.807, 2.05) is 0 Å². The number of allylic oxidation sites excluding steroid dienone is 1. The third-order valence-electron chi connectivity index (χ3n) is 3.77. The quantitative estimate of drug-likeness (QED) is 0.726. The molecule has 1 aliphatic rings. The molecule has 2 N–H and O–H groups in total. The summed E-state index contributed by atoms with van der Waals surface area (Å²) in [6.45, 7) is 9.20. The second kappa shape index (κ2) is 5.91. The molecule has 0 aliphatic heterocycles. The summed E-state index contributed by atoms with van der Waals surface area (Å²) in [6.07, 6.45) is 6.08. The summed E-state index contributed by atoms with van der Waals surface area (Å²) in [4.78, 5) is 0. The fourth-order valence-corrected chi connectivity index (χ4v) is 2.36. The molecule has 0 amide bonds. The van der Waals surface area contributed by atoms with Crippen molar-refractivity contribution in [3.8, 4) is 0 Å². The molecule has 0 saturated carbocycles. The summed E-state index contributed by atoms with van der Waals surface area (Å²) < 4.78 is 0. The highest BCUT2D eigenvalue weighted by molar-refractivity contribution is 5.85. The SMILES string of the molecule is CCCC(N)CC1=C(C)C(C)(C)CC1.Cl. The van der Waals surface area contributed by atoms with Crippen LogP contribution < -0.4 is 5.73 Å². The molecule has 0 bridgehead atoms. The van der Waals surface area contributed by atoms with Gasteiger partial charge in [0.2, 0.25) is 0 Å². The van der Waals surface area contributed by atoms with Gasteiger partial charge in [0.25, 0.3) is 0 Å². The van der Waals surface area contributed by atoms with E-state index in [1.165, 1.54) is 19.3 Å². The molecule has 1 nitrogen and oxygen atoms in total. The first-order valence-electron chi connectivity index (χ1n) is 5.92. The lowest BCUT2D eigenvalue weighted by atomic mass is 9.86. The third-order valence-corrected chi connectivity index (χ3v) is 3.77. The van der Waals surface area contributed by atoms with Crippen molar-refractivity contribution in [2.45, 2.75) is 65.8 Å². The zero-order valence-corrected chi connectivity index (χ0v) is 11.4. The highest BCUT2D eigenvalue weighted by atomic mass is 35.5. The lowest BCUT2D eigenvalue weighted by Crippen LogP contribution is -2.20. The molecule has 1 unspecified atom stereocenters. The average molecular weight is 232 g/mol. The van der Waals surface area contributed by atoms with Gasteiger partial charge >= 0.3 is 0 Å². The Kier molecular flexibility index (Phi) is 5.90. The lowest BCUT2D eigenvalue weighted by Gasteiger charge is -2.20. The van der Waals surface area contributed by atoms with Crippen LogP contribution in [0.15, 0.2) is 11.1 Å². The Morgan fingerprint density at radius 1 is 1.40 bits per heavy atom. The summed E-state index contributed by atoms with van der Waals surface area (Å²) in [5, 5.41) is 0. The van der Waals surface area contributed by atoms with E-state index < -0.39 is 0 Å². The van der Waals surface area contributed by atoms with Gasteiger partial charge in [-0.25, -0.2) is 0 Å². The number of nitrogens with two attached hydrogens (primary N) is 1. The molecular weight excluding hydrogens is 206 g/mol. The van der Waals surface area contributed by atoms with Gasteiger partial charge in [0, 0.05) is 6.04 Å². The molecule has 90 valence electrons. The first-order chi connectivity index (χ1) is 6.47. The van der Waals surface area contributed by atoms with Crippen molar-refractivity contribution in [1.29, 1.82) is 0 Å². The third kappa shape index (κ3) is 3.81. The Morgan fingerprint density at radius 2 is 2.00 bits per heavy atom. The Balaban J connectivity index is 0.00000196. The van der Waals surface area contributed by atoms with Crippen molar-refractivity contribution in [2.75, 3.05) is 0 Å². The maximum atomic E-state index is 6.08. The molecule has 0 radical (unpaired) electrons. The predicted octanol–water partition coefficient (Wildman–Crippen LogP) is 4.06. The minimum absolute atomic E-state index is 0. The van der Waals surface area contributed by atoms with Crippen LogP contribution in [0.3, 0.4) is 0 Å². The Hall–Kier alpha value is -0.0100. The van der Waals surface area contributed by atoms with Gasteiger partial charge < -0.3 is 5.73 Å². The number of hydrogen-bond acceptors (Lipinski definition) is 1. The van der Waals surface area contributed by atoms with Crippen molar-refractivity contribution in [2.24, 2.45) is 11.1 Å². The molecule has 0 aromatic heterocycles. The largest absolute Gasteiger partial charge is 0.327 e. The summed E-state index contributed by atoms with van der Waals surface area (Å²) in [6, 6.07) is 0.388. The molecule has 0 fully saturated rings. The first-order valence-corrected chi connectivity index (χ1v) is 5.92. The fourth-order valence-electron chi connectivity index (χ4n) is 2.36. The van der Waals surface area contributed by atoms with Crippen LogP contribution in [0.4, 0.5) is 0 Å². The van der Waals surface area contributed by atoms with Gasteiger partial charge in [-0.3, -0.25) is 0 Å². The molecule has 15 heavy (non-hydrogen) atoms. The number of halogens is 1. The van der Waals surface area contributed by atoms with Crippen LogP contribution in [-0.4, -0.2) is 6.04 Å². The van der Waals surface area contributed by atoms with E-state index in [9.17, 15) is 0 Å². The standard InChI is InChI=1S/C13H25N.ClH/c1-5-6-12(14)9-11-7-8-13(3,4)10(11)2;/h12H,5-9,14H2,1-4H3;1H. The van der Waals surface area contributed by atoms with Crippen LogP contribution in [0.1, 0.15) is 59.8 Å². The monoisotopic (exact) mass is 231 g/mol. The van der Waals surface area contributed by atoms with Gasteiger partial charge in [-0.1, -0.05) is 38.3 Å². The fraction of sp³-hybridized carbons (Fsp3) is 0.846. The van der Waals surface area contributed by atoms with Gasteiger partial charge in [0.15, 0.2) is 0 Å². The molecular formula is C13H26ClN. The summed E-state index contributed by atoms with van der Waals surface area (Å²) >= 11 is 0. The maximum absolute atomic E-state index is 6.08. The lowest BCUT2D eigenvalue weighted by molar-refractivity contribution is 0.442. The molecule has 0 heterocycles. The van der Waals surface area contributed by atoms with Crippen LogP contribution in [0, 0.1) is 5.41 Å². The van der Waals surface area contributed by atoms with Crippen molar-refractivity contribution < 1.29 is 0 Å². The first kappa shape index (κ1) is 15.0. The highest BCUT2D eigenvalue weighted by Crippen LogP contribution is 2.43. The smallest absolute Gasteiger partial charge is 0.00760 e. The van der Waals surface area contributed by atoms with Crippen LogP contribution in [0.25, 0.3) is 0 Å². The maximum Gasteiger partial charge on any atom is 0.00760 e. The van der Waals surface area contributed by atoms with E-state index in [0.29, 0.717) is 11.5 Å². The Labute approximate surface area is 101 Å². The zero-order chi connectivity index (χ0) is 10.8. The van der Waals surface area contributed by atoms with Crippen LogP contribution in [0.2, 0.25) is 0 Å². The molecule has 1 aliphatic carbocycles. The van der Waals surface area contributed by atoms with Gasteiger partial charge in [0.1, 0.15) is 0 Å². The molecule has 2 heteroatoms. The van der Waals surface area contributed by atoms with Crippen LogP contribution in [-0.2, 0) is 0 Å². The topological polar surface area (TPSA) is 26.0 Å². The van der Waals surface area contributed by atoms with Gasteiger partial charge in [0.05, 0.1) is 0 Å². The van der Waals surface area contributed by atoms with Gasteiger partial charge in [-0.05, 0) is 38.0 Å². The van der Waals surface area contributed by atoms with Crippen LogP contribution >= 0.6 is 12.4 Å². The second-order valence-electron chi connectivity index (χ2n) is 5.37. The van der Waals surface area contributed by atoms with E-state index in [1.54, 1.807) is 11.1 Å².